The topological polar surface area (TPSA) is 61.3 Å². The van der Waals surface area contributed by atoms with E-state index < -0.39 is 0 Å². The summed E-state index contributed by atoms with van der Waals surface area (Å²) in [5.41, 5.74) is 3.65. The number of aromatic nitrogens is 1. The third-order valence-corrected chi connectivity index (χ3v) is 7.15. The van der Waals surface area contributed by atoms with Crippen molar-refractivity contribution < 1.29 is 9.53 Å². The van der Waals surface area contributed by atoms with Gasteiger partial charge in [0.1, 0.15) is 5.69 Å². The molecule has 1 saturated heterocycles. The van der Waals surface area contributed by atoms with Crippen molar-refractivity contribution in [2.75, 3.05) is 36.5 Å². The van der Waals surface area contributed by atoms with Crippen LogP contribution in [0.15, 0.2) is 41.5 Å². The molecule has 4 heterocycles. The number of fused-ring (bicyclic) bond motifs is 3. The van der Waals surface area contributed by atoms with E-state index in [0.717, 1.165) is 48.6 Å². The van der Waals surface area contributed by atoms with Gasteiger partial charge in [-0.1, -0.05) is 37.6 Å². The first-order valence-corrected chi connectivity index (χ1v) is 12.0. The average molecular weight is 468 g/mol. The highest BCUT2D eigenvalue weighted by molar-refractivity contribution is 6.30. The number of anilines is 2. The van der Waals surface area contributed by atoms with Crippen molar-refractivity contribution in [1.29, 1.82) is 0 Å². The van der Waals surface area contributed by atoms with E-state index in [1.807, 2.05) is 35.4 Å². The van der Waals surface area contributed by atoms with Gasteiger partial charge in [-0.05, 0) is 42.5 Å². The Bertz CT molecular complexity index is 1060. The Morgan fingerprint density at radius 3 is 2.58 bits per heavy atom. The number of hydrogen-bond donors (Lipinski definition) is 0. The zero-order valence-electron chi connectivity index (χ0n) is 19.4. The fourth-order valence-electron chi connectivity index (χ4n) is 4.78. The van der Waals surface area contributed by atoms with E-state index in [9.17, 15) is 4.79 Å². The number of urea groups is 1. The fraction of sp³-hybridized carbons (Fsp3) is 0.480. The van der Waals surface area contributed by atoms with Crippen LogP contribution in [0.1, 0.15) is 37.9 Å². The van der Waals surface area contributed by atoms with Crippen LogP contribution in [0, 0.1) is 5.92 Å². The maximum absolute atomic E-state index is 13.7. The lowest BCUT2D eigenvalue weighted by molar-refractivity contribution is 0.0819. The van der Waals surface area contributed by atoms with Gasteiger partial charge >= 0.3 is 6.03 Å². The first kappa shape index (κ1) is 22.2. The van der Waals surface area contributed by atoms with Gasteiger partial charge in [-0.25, -0.2) is 9.78 Å². The number of carbonyl (C=O) groups excluding carboxylic acids is 1. The van der Waals surface area contributed by atoms with Gasteiger partial charge in [0.05, 0.1) is 42.8 Å². The SMILES string of the molecule is COC1CCN(c2cnc3c(c2)N(Cc2ccc(Cl)cc2)C(=O)N2CC(C(C)C)N=C32)CC1. The number of aliphatic imine (C=N–C) groups is 1. The van der Waals surface area contributed by atoms with Crippen molar-refractivity contribution in [2.24, 2.45) is 10.9 Å². The maximum Gasteiger partial charge on any atom is 0.330 e. The summed E-state index contributed by atoms with van der Waals surface area (Å²) >= 11 is 6.08. The number of carbonyl (C=O) groups is 1. The second-order valence-electron chi connectivity index (χ2n) is 9.35. The molecule has 8 heteroatoms. The number of ether oxygens (including phenoxy) is 1. The van der Waals surface area contributed by atoms with Crippen LogP contribution in [0.25, 0.3) is 0 Å². The van der Waals surface area contributed by atoms with Gasteiger partial charge in [0.15, 0.2) is 5.84 Å². The summed E-state index contributed by atoms with van der Waals surface area (Å²) in [7, 11) is 1.78. The molecule has 7 nitrogen and oxygen atoms in total. The molecule has 0 saturated carbocycles. The largest absolute Gasteiger partial charge is 0.381 e. The normalized spacial score (nSPS) is 20.9. The Kier molecular flexibility index (Phi) is 6.01. The van der Waals surface area contributed by atoms with Crippen molar-refractivity contribution >= 4 is 34.8 Å². The Labute approximate surface area is 200 Å². The predicted molar refractivity (Wildman–Crippen MR) is 131 cm³/mol. The smallest absolute Gasteiger partial charge is 0.330 e. The number of rotatable bonds is 5. The molecule has 0 bridgehead atoms. The molecule has 5 rings (SSSR count). The molecule has 2 aromatic rings. The molecule has 1 aromatic heterocycles. The number of piperidine rings is 1. The van der Waals surface area contributed by atoms with Gasteiger partial charge in [0, 0.05) is 25.2 Å². The van der Waals surface area contributed by atoms with Crippen LogP contribution in [0.4, 0.5) is 16.2 Å². The zero-order chi connectivity index (χ0) is 23.1. The van der Waals surface area contributed by atoms with Crippen LogP contribution in [0.5, 0.6) is 0 Å². The summed E-state index contributed by atoms with van der Waals surface area (Å²) in [5.74, 6) is 1.05. The van der Waals surface area contributed by atoms with Gasteiger partial charge in [-0.3, -0.25) is 14.8 Å². The quantitative estimate of drug-likeness (QED) is 0.645. The van der Waals surface area contributed by atoms with Crippen LogP contribution < -0.4 is 9.80 Å². The van der Waals surface area contributed by atoms with Crippen LogP contribution in [0.2, 0.25) is 5.02 Å². The molecular weight excluding hydrogens is 438 g/mol. The molecule has 0 aliphatic carbocycles. The molecule has 0 spiro atoms. The monoisotopic (exact) mass is 467 g/mol. The number of amidine groups is 1. The molecule has 2 amide bonds. The van der Waals surface area contributed by atoms with Gasteiger partial charge < -0.3 is 9.64 Å². The van der Waals surface area contributed by atoms with Crippen molar-refractivity contribution in [3.05, 3.63) is 52.8 Å². The summed E-state index contributed by atoms with van der Waals surface area (Å²) in [6.07, 6.45) is 4.20. The van der Waals surface area contributed by atoms with Crippen LogP contribution >= 0.6 is 11.6 Å². The first-order chi connectivity index (χ1) is 15.9. The second kappa shape index (κ2) is 8.95. The lowest BCUT2D eigenvalue weighted by Crippen LogP contribution is -2.50. The third-order valence-electron chi connectivity index (χ3n) is 6.89. The number of amides is 2. The molecule has 3 aliphatic heterocycles. The van der Waals surface area contributed by atoms with E-state index in [0.29, 0.717) is 36.0 Å². The molecular formula is C25H30ClN5O2. The molecule has 33 heavy (non-hydrogen) atoms. The summed E-state index contributed by atoms with van der Waals surface area (Å²) in [4.78, 5) is 29.4. The van der Waals surface area contributed by atoms with Gasteiger partial charge in [0.25, 0.3) is 0 Å². The summed E-state index contributed by atoms with van der Waals surface area (Å²) < 4.78 is 5.52. The number of benzene rings is 1. The van der Waals surface area contributed by atoms with Crippen molar-refractivity contribution in [2.45, 2.75) is 45.4 Å². The lowest BCUT2D eigenvalue weighted by atomic mass is 10.1. The van der Waals surface area contributed by atoms with Crippen molar-refractivity contribution in [1.82, 2.24) is 9.88 Å². The van der Waals surface area contributed by atoms with E-state index in [-0.39, 0.29) is 12.1 Å². The van der Waals surface area contributed by atoms with Crippen molar-refractivity contribution in [3.8, 4) is 0 Å². The highest BCUT2D eigenvalue weighted by Gasteiger charge is 2.42. The second-order valence-corrected chi connectivity index (χ2v) is 9.79. The minimum absolute atomic E-state index is 0.0450. The minimum atomic E-state index is -0.0450. The van der Waals surface area contributed by atoms with E-state index in [4.69, 9.17) is 26.3 Å². The van der Waals surface area contributed by atoms with Gasteiger partial charge in [-0.2, -0.15) is 0 Å². The van der Waals surface area contributed by atoms with Crippen LogP contribution in [-0.4, -0.2) is 60.6 Å². The summed E-state index contributed by atoms with van der Waals surface area (Å²) in [6.45, 7) is 7.15. The van der Waals surface area contributed by atoms with Crippen LogP contribution in [-0.2, 0) is 11.3 Å². The number of halogens is 1. The van der Waals surface area contributed by atoms with Gasteiger partial charge in [0.2, 0.25) is 0 Å². The standard InChI is InChI=1S/C25H30ClN5O2/c1-16(2)21-15-31-24(28-21)23-22(30(25(31)32)14-17-4-6-18(26)7-5-17)12-19(13-27-23)29-10-8-20(33-3)9-11-29/h4-7,12-13,16,20-21H,8-11,14-15H2,1-3H3. The number of pyridine rings is 1. The molecule has 1 unspecified atom stereocenters. The highest BCUT2D eigenvalue weighted by Crippen LogP contribution is 2.36. The Morgan fingerprint density at radius 1 is 1.18 bits per heavy atom. The Balaban J connectivity index is 1.52. The molecule has 3 aliphatic rings. The first-order valence-electron chi connectivity index (χ1n) is 11.6. The third kappa shape index (κ3) is 4.20. The average Bonchev–Trinajstić information content (AvgIpc) is 3.29. The number of methoxy groups -OCH3 is 1. The molecule has 0 radical (unpaired) electrons. The number of nitrogens with zero attached hydrogens (tertiary/aromatic N) is 5. The number of hydrogen-bond acceptors (Lipinski definition) is 5. The van der Waals surface area contributed by atoms with Crippen molar-refractivity contribution in [3.63, 3.8) is 0 Å². The summed E-state index contributed by atoms with van der Waals surface area (Å²) in [6, 6.07) is 9.79. The summed E-state index contributed by atoms with van der Waals surface area (Å²) in [5, 5.41) is 0.682. The lowest BCUT2D eigenvalue weighted by Gasteiger charge is -2.37. The molecule has 174 valence electrons. The zero-order valence-corrected chi connectivity index (χ0v) is 20.1. The van der Waals surface area contributed by atoms with E-state index in [1.165, 1.54) is 0 Å². The Hall–Kier alpha value is -2.64. The maximum atomic E-state index is 13.7. The minimum Gasteiger partial charge on any atom is -0.381 e. The van der Waals surface area contributed by atoms with E-state index >= 15 is 0 Å². The van der Waals surface area contributed by atoms with E-state index in [1.54, 1.807) is 12.0 Å². The molecule has 0 N–H and O–H groups in total. The molecule has 1 aromatic carbocycles. The predicted octanol–water partition coefficient (Wildman–Crippen LogP) is 4.58. The molecule has 1 atom stereocenters. The Morgan fingerprint density at radius 2 is 1.91 bits per heavy atom. The van der Waals surface area contributed by atoms with Crippen LogP contribution in [0.3, 0.4) is 0 Å². The fourth-order valence-corrected chi connectivity index (χ4v) is 4.90. The molecule has 1 fully saturated rings. The van der Waals surface area contributed by atoms with E-state index in [2.05, 4.69) is 24.8 Å². The van der Waals surface area contributed by atoms with Gasteiger partial charge in [-0.15, -0.1) is 0 Å². The highest BCUT2D eigenvalue weighted by atomic mass is 35.5.